The molecule has 94 valence electrons. The highest BCUT2D eigenvalue weighted by molar-refractivity contribution is 9.09. The van der Waals surface area contributed by atoms with Crippen LogP contribution in [-0.2, 0) is 11.0 Å². The van der Waals surface area contributed by atoms with Crippen LogP contribution in [0.25, 0.3) is 0 Å². The van der Waals surface area contributed by atoms with Crippen molar-refractivity contribution in [3.05, 3.63) is 29.3 Å². The van der Waals surface area contributed by atoms with Crippen LogP contribution in [0.1, 0.15) is 22.9 Å². The van der Waals surface area contributed by atoms with E-state index in [1.807, 2.05) is 0 Å². The van der Waals surface area contributed by atoms with E-state index in [2.05, 4.69) is 15.9 Å². The third-order valence-corrected chi connectivity index (χ3v) is 3.30. The molecular weight excluding hydrogens is 301 g/mol. The van der Waals surface area contributed by atoms with Crippen LogP contribution in [0.2, 0.25) is 0 Å². The zero-order chi connectivity index (χ0) is 13.2. The standard InChI is InChI=1S/C11H10BrF3O2/c1-6(16)10(12)9-7(11(13,14)15)4-3-5-8(9)17-2/h3-5,10H,1-2H3. The van der Waals surface area contributed by atoms with Crippen molar-refractivity contribution in [1.29, 1.82) is 0 Å². The highest BCUT2D eigenvalue weighted by Crippen LogP contribution is 2.42. The Morgan fingerprint density at radius 1 is 1.41 bits per heavy atom. The summed E-state index contributed by atoms with van der Waals surface area (Å²) in [5.41, 5.74) is -1.05. The van der Waals surface area contributed by atoms with Gasteiger partial charge in [0.05, 0.1) is 12.7 Å². The van der Waals surface area contributed by atoms with Gasteiger partial charge < -0.3 is 4.74 Å². The van der Waals surface area contributed by atoms with Crippen LogP contribution in [0.4, 0.5) is 13.2 Å². The first-order valence-corrected chi connectivity index (χ1v) is 5.59. The molecule has 0 heterocycles. The molecule has 0 amide bonds. The molecule has 0 bridgehead atoms. The summed E-state index contributed by atoms with van der Waals surface area (Å²) in [5.74, 6) is -0.378. The van der Waals surface area contributed by atoms with Gasteiger partial charge in [-0.2, -0.15) is 13.2 Å². The third kappa shape index (κ3) is 3.00. The number of alkyl halides is 4. The SMILES string of the molecule is COc1cccc(C(F)(F)F)c1C(Br)C(C)=O. The number of hydrogen-bond acceptors (Lipinski definition) is 2. The van der Waals surface area contributed by atoms with Gasteiger partial charge in [-0.3, -0.25) is 4.79 Å². The van der Waals surface area contributed by atoms with E-state index in [0.29, 0.717) is 0 Å². The predicted molar refractivity (Wildman–Crippen MR) is 60.3 cm³/mol. The molecule has 0 spiro atoms. The molecule has 1 aromatic carbocycles. The van der Waals surface area contributed by atoms with Crippen LogP contribution < -0.4 is 4.74 Å². The molecule has 0 saturated heterocycles. The molecule has 1 atom stereocenters. The van der Waals surface area contributed by atoms with Crippen molar-refractivity contribution >= 4 is 21.7 Å². The Morgan fingerprint density at radius 3 is 2.41 bits per heavy atom. The average molecular weight is 311 g/mol. The van der Waals surface area contributed by atoms with E-state index in [1.165, 1.54) is 26.2 Å². The van der Waals surface area contributed by atoms with E-state index in [-0.39, 0.29) is 11.3 Å². The van der Waals surface area contributed by atoms with Crippen molar-refractivity contribution in [1.82, 2.24) is 0 Å². The molecule has 0 aliphatic heterocycles. The highest BCUT2D eigenvalue weighted by atomic mass is 79.9. The van der Waals surface area contributed by atoms with E-state index in [0.717, 1.165) is 6.07 Å². The number of carbonyl (C=O) groups is 1. The Balaban J connectivity index is 3.46. The van der Waals surface area contributed by atoms with Crippen LogP contribution in [-0.4, -0.2) is 12.9 Å². The first kappa shape index (κ1) is 14.0. The summed E-state index contributed by atoms with van der Waals surface area (Å²) in [6.07, 6.45) is -4.52. The summed E-state index contributed by atoms with van der Waals surface area (Å²) in [7, 11) is 1.26. The minimum Gasteiger partial charge on any atom is -0.496 e. The van der Waals surface area contributed by atoms with Gasteiger partial charge in [0.2, 0.25) is 0 Å². The minimum atomic E-state index is -4.52. The first-order chi connectivity index (χ1) is 7.79. The fourth-order valence-electron chi connectivity index (χ4n) is 1.43. The maximum Gasteiger partial charge on any atom is 0.416 e. The molecule has 1 unspecified atom stereocenters. The summed E-state index contributed by atoms with van der Waals surface area (Å²) in [5, 5.41) is 0. The molecule has 0 N–H and O–H groups in total. The minimum absolute atomic E-state index is 0.0388. The fraction of sp³-hybridized carbons (Fsp3) is 0.364. The van der Waals surface area contributed by atoms with Crippen molar-refractivity contribution in [2.45, 2.75) is 17.9 Å². The topological polar surface area (TPSA) is 26.3 Å². The quantitative estimate of drug-likeness (QED) is 0.795. The molecule has 17 heavy (non-hydrogen) atoms. The number of carbonyl (C=O) groups excluding carboxylic acids is 1. The number of ketones is 1. The Kier molecular flexibility index (Phi) is 4.19. The number of methoxy groups -OCH3 is 1. The second-order valence-electron chi connectivity index (χ2n) is 3.39. The van der Waals surface area contributed by atoms with Crippen molar-refractivity contribution < 1.29 is 22.7 Å². The Labute approximate surface area is 105 Å². The number of ether oxygens (including phenoxy) is 1. The predicted octanol–water partition coefficient (Wildman–Crippen LogP) is 3.74. The van der Waals surface area contributed by atoms with Crippen LogP contribution in [0.15, 0.2) is 18.2 Å². The third-order valence-electron chi connectivity index (χ3n) is 2.20. The Morgan fingerprint density at radius 2 is 2.00 bits per heavy atom. The molecule has 1 aromatic rings. The van der Waals surface area contributed by atoms with Crippen LogP contribution in [0.3, 0.4) is 0 Å². The highest BCUT2D eigenvalue weighted by Gasteiger charge is 2.37. The lowest BCUT2D eigenvalue weighted by molar-refractivity contribution is -0.138. The number of hydrogen-bond donors (Lipinski definition) is 0. The molecule has 0 radical (unpaired) electrons. The largest absolute Gasteiger partial charge is 0.496 e. The zero-order valence-corrected chi connectivity index (χ0v) is 10.7. The first-order valence-electron chi connectivity index (χ1n) is 4.67. The molecular formula is C11H10BrF3O2. The molecule has 0 aliphatic rings. The summed E-state index contributed by atoms with van der Waals surface area (Å²) in [4.78, 5) is 10.2. The van der Waals surface area contributed by atoms with Gasteiger partial charge in [-0.15, -0.1) is 0 Å². The van der Waals surface area contributed by atoms with Gasteiger partial charge in [0.25, 0.3) is 0 Å². The molecule has 0 fully saturated rings. The number of halogens is 4. The van der Waals surface area contributed by atoms with Gasteiger partial charge in [0.1, 0.15) is 16.4 Å². The fourth-order valence-corrected chi connectivity index (χ4v) is 1.91. The van der Waals surface area contributed by atoms with Gasteiger partial charge in [0, 0.05) is 5.56 Å². The second-order valence-corrected chi connectivity index (χ2v) is 4.31. The van der Waals surface area contributed by atoms with Gasteiger partial charge in [-0.25, -0.2) is 0 Å². The van der Waals surface area contributed by atoms with Gasteiger partial charge in [-0.05, 0) is 19.1 Å². The monoisotopic (exact) mass is 310 g/mol. The molecule has 0 saturated carbocycles. The normalized spacial score (nSPS) is 13.3. The number of rotatable bonds is 3. The molecule has 1 rings (SSSR count). The lowest BCUT2D eigenvalue weighted by Crippen LogP contribution is -2.14. The van der Waals surface area contributed by atoms with E-state index in [9.17, 15) is 18.0 Å². The van der Waals surface area contributed by atoms with Crippen LogP contribution >= 0.6 is 15.9 Å². The van der Waals surface area contributed by atoms with Crippen LogP contribution in [0.5, 0.6) is 5.75 Å². The summed E-state index contributed by atoms with van der Waals surface area (Å²) in [6, 6.07) is 3.56. The maximum atomic E-state index is 12.8. The van der Waals surface area contributed by atoms with Crippen molar-refractivity contribution in [2.75, 3.05) is 7.11 Å². The molecule has 0 aromatic heterocycles. The summed E-state index contributed by atoms with van der Waals surface area (Å²) < 4.78 is 43.3. The lowest BCUT2D eigenvalue weighted by atomic mass is 10.0. The summed E-state index contributed by atoms with van der Waals surface area (Å²) >= 11 is 2.96. The molecule has 6 heteroatoms. The van der Waals surface area contributed by atoms with Gasteiger partial charge in [-0.1, -0.05) is 22.0 Å². The van der Waals surface area contributed by atoms with Crippen molar-refractivity contribution in [3.8, 4) is 5.75 Å². The molecule has 2 nitrogen and oxygen atoms in total. The lowest BCUT2D eigenvalue weighted by Gasteiger charge is -2.18. The second kappa shape index (κ2) is 5.08. The zero-order valence-electron chi connectivity index (χ0n) is 9.14. The molecule has 0 aliphatic carbocycles. The Bertz CT molecular complexity index is 429. The van der Waals surface area contributed by atoms with Crippen LogP contribution in [0, 0.1) is 0 Å². The maximum absolute atomic E-state index is 12.8. The van der Waals surface area contributed by atoms with Crippen molar-refractivity contribution in [3.63, 3.8) is 0 Å². The Hall–Kier alpha value is -1.04. The van der Waals surface area contributed by atoms with E-state index < -0.39 is 22.4 Å². The van der Waals surface area contributed by atoms with Crippen molar-refractivity contribution in [2.24, 2.45) is 0 Å². The average Bonchev–Trinajstić information content (AvgIpc) is 2.25. The van der Waals surface area contributed by atoms with Gasteiger partial charge in [0.15, 0.2) is 0 Å². The van der Waals surface area contributed by atoms with E-state index in [1.54, 1.807) is 0 Å². The number of benzene rings is 1. The number of Topliss-reactive ketones (excluding diaryl/α,β-unsaturated/α-hetero) is 1. The van der Waals surface area contributed by atoms with Gasteiger partial charge >= 0.3 is 6.18 Å². The smallest absolute Gasteiger partial charge is 0.416 e. The van der Waals surface area contributed by atoms with E-state index >= 15 is 0 Å². The van der Waals surface area contributed by atoms with E-state index in [4.69, 9.17) is 4.74 Å². The summed E-state index contributed by atoms with van der Waals surface area (Å²) in [6.45, 7) is 1.21.